The molecule has 90 valence electrons. The Morgan fingerprint density at radius 2 is 2.17 bits per heavy atom. The number of carboxylic acid groups (broad SMARTS) is 1. The van der Waals surface area contributed by atoms with Gasteiger partial charge in [0.25, 0.3) is 0 Å². The van der Waals surface area contributed by atoms with Crippen LogP contribution in [-0.4, -0.2) is 25.7 Å². The number of aromatic amines is 1. The zero-order valence-electron chi connectivity index (χ0n) is 9.25. The molecule has 0 aliphatic heterocycles. The third-order valence-corrected chi connectivity index (χ3v) is 2.73. The monoisotopic (exact) mass is 243 g/mol. The maximum Gasteiger partial charge on any atom is 0.347 e. The normalized spacial score (nSPS) is 11.1. The molecular formula is C12H9N3O3. The van der Waals surface area contributed by atoms with Crippen LogP contribution in [0.5, 0.6) is 0 Å². The number of nitrogens with one attached hydrogen (secondary N) is 1. The highest BCUT2D eigenvalue weighted by atomic mass is 16.4. The summed E-state index contributed by atoms with van der Waals surface area (Å²) in [5.41, 5.74) is 1.31. The van der Waals surface area contributed by atoms with E-state index in [0.29, 0.717) is 16.7 Å². The van der Waals surface area contributed by atoms with Crippen LogP contribution in [0, 0.1) is 0 Å². The number of hydrogen-bond acceptors (Lipinski definition) is 3. The van der Waals surface area contributed by atoms with E-state index in [1.807, 2.05) is 18.2 Å². The largest absolute Gasteiger partial charge is 0.481 e. The number of hydrogen-bond donors (Lipinski definition) is 2. The average molecular weight is 243 g/mol. The minimum atomic E-state index is -0.973. The van der Waals surface area contributed by atoms with Gasteiger partial charge in [0.1, 0.15) is 0 Å². The van der Waals surface area contributed by atoms with Crippen LogP contribution in [0.3, 0.4) is 0 Å². The lowest BCUT2D eigenvalue weighted by atomic mass is 10.2. The van der Waals surface area contributed by atoms with E-state index in [9.17, 15) is 9.59 Å². The molecule has 0 saturated heterocycles. The first kappa shape index (κ1) is 10.5. The number of nitrogens with zero attached hydrogens (tertiary/aromatic N) is 2. The fourth-order valence-electron chi connectivity index (χ4n) is 2.00. The predicted octanol–water partition coefficient (Wildman–Crippen LogP) is 0.803. The maximum atomic E-state index is 11.8. The zero-order chi connectivity index (χ0) is 12.7. The molecule has 0 bridgehead atoms. The van der Waals surface area contributed by atoms with Crippen LogP contribution >= 0.6 is 0 Å². The molecular weight excluding hydrogens is 234 g/mol. The smallest absolute Gasteiger partial charge is 0.347 e. The van der Waals surface area contributed by atoms with Crippen molar-refractivity contribution >= 4 is 22.4 Å². The van der Waals surface area contributed by atoms with E-state index in [-0.39, 0.29) is 12.1 Å². The first-order chi connectivity index (χ1) is 8.65. The summed E-state index contributed by atoms with van der Waals surface area (Å²) in [6, 6.07) is 8.95. The molecule has 2 N–H and O–H groups in total. The SMILES string of the molecule is O=C(O)Cc1cc2c3ccccc3[nH]c(=O)n2n1. The van der Waals surface area contributed by atoms with E-state index in [1.54, 1.807) is 12.1 Å². The van der Waals surface area contributed by atoms with Gasteiger partial charge in [-0.05, 0) is 12.1 Å². The molecule has 0 radical (unpaired) electrons. The summed E-state index contributed by atoms with van der Waals surface area (Å²) in [5.74, 6) is -0.973. The molecule has 0 unspecified atom stereocenters. The molecule has 0 aliphatic carbocycles. The van der Waals surface area contributed by atoms with Gasteiger partial charge in [-0.15, -0.1) is 0 Å². The van der Waals surface area contributed by atoms with E-state index in [0.717, 1.165) is 5.39 Å². The van der Waals surface area contributed by atoms with E-state index < -0.39 is 5.97 Å². The summed E-state index contributed by atoms with van der Waals surface area (Å²) in [4.78, 5) is 25.1. The summed E-state index contributed by atoms with van der Waals surface area (Å²) in [7, 11) is 0. The van der Waals surface area contributed by atoms with Crippen LogP contribution in [-0.2, 0) is 11.2 Å². The summed E-state index contributed by atoms with van der Waals surface area (Å²) >= 11 is 0. The predicted molar refractivity (Wildman–Crippen MR) is 64.7 cm³/mol. The fraction of sp³-hybridized carbons (Fsp3) is 0.0833. The Labute approximate surface area is 100 Å². The molecule has 6 heteroatoms. The highest BCUT2D eigenvalue weighted by molar-refractivity contribution is 5.93. The lowest BCUT2D eigenvalue weighted by molar-refractivity contribution is -0.136. The Balaban J connectivity index is 2.37. The Morgan fingerprint density at radius 3 is 2.94 bits per heavy atom. The van der Waals surface area contributed by atoms with Gasteiger partial charge in [0, 0.05) is 5.39 Å². The number of H-pyrrole nitrogens is 1. The van der Waals surface area contributed by atoms with Gasteiger partial charge < -0.3 is 10.1 Å². The van der Waals surface area contributed by atoms with Crippen molar-refractivity contribution in [1.29, 1.82) is 0 Å². The molecule has 3 rings (SSSR count). The van der Waals surface area contributed by atoms with Crippen molar-refractivity contribution in [3.05, 3.63) is 46.5 Å². The average Bonchev–Trinajstić information content (AvgIpc) is 2.73. The van der Waals surface area contributed by atoms with Crippen LogP contribution in [0.4, 0.5) is 0 Å². The van der Waals surface area contributed by atoms with Gasteiger partial charge in [-0.2, -0.15) is 9.61 Å². The van der Waals surface area contributed by atoms with Gasteiger partial charge in [0.05, 0.1) is 23.1 Å². The number of para-hydroxylation sites is 1. The summed E-state index contributed by atoms with van der Waals surface area (Å²) < 4.78 is 1.20. The number of aromatic nitrogens is 3. The van der Waals surface area contributed by atoms with Crippen LogP contribution in [0.25, 0.3) is 16.4 Å². The molecule has 0 aliphatic rings. The van der Waals surface area contributed by atoms with Crippen molar-refractivity contribution in [3.8, 4) is 0 Å². The van der Waals surface area contributed by atoms with Gasteiger partial charge in [0.15, 0.2) is 0 Å². The lowest BCUT2D eigenvalue weighted by Gasteiger charge is -1.98. The fourth-order valence-corrected chi connectivity index (χ4v) is 2.00. The molecule has 2 heterocycles. The quantitative estimate of drug-likeness (QED) is 0.697. The molecule has 1 aromatic carbocycles. The van der Waals surface area contributed by atoms with E-state index in [4.69, 9.17) is 5.11 Å². The van der Waals surface area contributed by atoms with Crippen molar-refractivity contribution in [2.75, 3.05) is 0 Å². The van der Waals surface area contributed by atoms with Crippen LogP contribution in [0.1, 0.15) is 5.69 Å². The number of fused-ring (bicyclic) bond motifs is 3. The van der Waals surface area contributed by atoms with Crippen LogP contribution in [0.2, 0.25) is 0 Å². The second-order valence-corrected chi connectivity index (χ2v) is 3.98. The number of rotatable bonds is 2. The maximum absolute atomic E-state index is 11.8. The minimum Gasteiger partial charge on any atom is -0.481 e. The highest BCUT2D eigenvalue weighted by Gasteiger charge is 2.10. The molecule has 0 atom stereocenters. The third kappa shape index (κ3) is 1.55. The Kier molecular flexibility index (Phi) is 2.16. The second-order valence-electron chi connectivity index (χ2n) is 3.98. The first-order valence-corrected chi connectivity index (χ1v) is 5.36. The number of carbonyl (C=O) groups is 1. The summed E-state index contributed by atoms with van der Waals surface area (Å²) in [5, 5.41) is 13.6. The molecule has 6 nitrogen and oxygen atoms in total. The van der Waals surface area contributed by atoms with E-state index >= 15 is 0 Å². The Morgan fingerprint density at radius 1 is 1.39 bits per heavy atom. The topological polar surface area (TPSA) is 87.5 Å². The summed E-state index contributed by atoms with van der Waals surface area (Å²) in [6.07, 6.45) is -0.199. The Bertz CT molecular complexity index is 816. The summed E-state index contributed by atoms with van der Waals surface area (Å²) in [6.45, 7) is 0. The molecule has 0 spiro atoms. The minimum absolute atomic E-state index is 0.199. The first-order valence-electron chi connectivity index (χ1n) is 5.36. The number of carboxylic acids is 1. The van der Waals surface area contributed by atoms with Gasteiger partial charge in [-0.3, -0.25) is 4.79 Å². The van der Waals surface area contributed by atoms with Gasteiger partial charge in [0.2, 0.25) is 0 Å². The molecule has 3 aromatic rings. The van der Waals surface area contributed by atoms with Crippen molar-refractivity contribution in [3.63, 3.8) is 0 Å². The van der Waals surface area contributed by atoms with Crippen molar-refractivity contribution in [1.82, 2.24) is 14.6 Å². The third-order valence-electron chi connectivity index (χ3n) is 2.73. The Hall–Kier alpha value is -2.63. The molecule has 0 amide bonds. The zero-order valence-corrected chi connectivity index (χ0v) is 9.25. The van der Waals surface area contributed by atoms with Gasteiger partial charge >= 0.3 is 11.7 Å². The van der Waals surface area contributed by atoms with Crippen molar-refractivity contribution in [2.24, 2.45) is 0 Å². The number of benzene rings is 1. The van der Waals surface area contributed by atoms with Gasteiger partial charge in [-0.1, -0.05) is 18.2 Å². The molecule has 2 aromatic heterocycles. The molecule has 18 heavy (non-hydrogen) atoms. The molecule has 0 fully saturated rings. The standard InChI is InChI=1S/C12H9N3O3/c16-11(17)6-7-5-10-8-3-1-2-4-9(8)13-12(18)15(10)14-7/h1-5H,6H2,(H,13,18)(H,16,17). The van der Waals surface area contributed by atoms with E-state index in [1.165, 1.54) is 4.52 Å². The lowest BCUT2D eigenvalue weighted by Crippen LogP contribution is -2.17. The van der Waals surface area contributed by atoms with Crippen LogP contribution < -0.4 is 5.69 Å². The van der Waals surface area contributed by atoms with Gasteiger partial charge in [-0.25, -0.2) is 4.79 Å². The van der Waals surface area contributed by atoms with Crippen LogP contribution in [0.15, 0.2) is 35.1 Å². The van der Waals surface area contributed by atoms with Crippen molar-refractivity contribution in [2.45, 2.75) is 6.42 Å². The number of aliphatic carboxylic acids is 1. The van der Waals surface area contributed by atoms with E-state index in [2.05, 4.69) is 10.1 Å². The molecule has 0 saturated carbocycles. The van der Waals surface area contributed by atoms with Crippen molar-refractivity contribution < 1.29 is 9.90 Å². The second kappa shape index (κ2) is 3.69. The highest BCUT2D eigenvalue weighted by Crippen LogP contribution is 2.16.